The molecule has 0 aliphatic heterocycles. The Bertz CT molecular complexity index is 363. The predicted molar refractivity (Wildman–Crippen MR) is 69.9 cm³/mol. The van der Waals surface area contributed by atoms with E-state index in [1.807, 2.05) is 7.05 Å². The van der Waals surface area contributed by atoms with E-state index in [1.165, 1.54) is 25.7 Å². The van der Waals surface area contributed by atoms with Crippen LogP contribution in [0.25, 0.3) is 0 Å². The lowest BCUT2D eigenvalue weighted by molar-refractivity contribution is 0.645. The molecular formula is C11H17BrN4. The number of halogens is 1. The molecular weight excluding hydrogens is 268 g/mol. The Morgan fingerprint density at radius 1 is 1.44 bits per heavy atom. The van der Waals surface area contributed by atoms with Crippen molar-refractivity contribution in [2.45, 2.75) is 31.7 Å². The molecule has 88 valence electrons. The maximum atomic E-state index is 4.49. The minimum Gasteiger partial charge on any atom is -0.357 e. The van der Waals surface area contributed by atoms with Crippen LogP contribution in [0.4, 0.5) is 11.8 Å². The van der Waals surface area contributed by atoms with Gasteiger partial charge in [-0.2, -0.15) is 4.98 Å². The Labute approximate surface area is 105 Å². The first-order chi connectivity index (χ1) is 7.72. The van der Waals surface area contributed by atoms with E-state index in [4.69, 9.17) is 0 Å². The van der Waals surface area contributed by atoms with Crippen LogP contribution < -0.4 is 10.2 Å². The predicted octanol–water partition coefficient (Wildman–Crippen LogP) is 2.66. The van der Waals surface area contributed by atoms with Crippen molar-refractivity contribution < 1.29 is 0 Å². The van der Waals surface area contributed by atoms with Gasteiger partial charge >= 0.3 is 0 Å². The van der Waals surface area contributed by atoms with Gasteiger partial charge in [-0.05, 0) is 28.8 Å². The number of rotatable bonds is 3. The van der Waals surface area contributed by atoms with Crippen molar-refractivity contribution in [3.8, 4) is 0 Å². The van der Waals surface area contributed by atoms with Crippen molar-refractivity contribution >= 4 is 27.7 Å². The maximum Gasteiger partial charge on any atom is 0.224 e. The average Bonchev–Trinajstić information content (AvgIpc) is 2.82. The van der Waals surface area contributed by atoms with Gasteiger partial charge in [0.05, 0.1) is 4.47 Å². The maximum absolute atomic E-state index is 4.49. The third-order valence-corrected chi connectivity index (χ3v) is 3.72. The zero-order valence-corrected chi connectivity index (χ0v) is 11.3. The highest BCUT2D eigenvalue weighted by molar-refractivity contribution is 9.10. The summed E-state index contributed by atoms with van der Waals surface area (Å²) in [6.45, 7) is 0. The summed E-state index contributed by atoms with van der Waals surface area (Å²) >= 11 is 3.51. The second kappa shape index (κ2) is 4.99. The number of hydrogen-bond acceptors (Lipinski definition) is 4. The van der Waals surface area contributed by atoms with Gasteiger partial charge in [-0.15, -0.1) is 0 Å². The Kier molecular flexibility index (Phi) is 3.63. The molecule has 0 amide bonds. The highest BCUT2D eigenvalue weighted by atomic mass is 79.9. The fourth-order valence-corrected chi connectivity index (χ4v) is 2.66. The van der Waals surface area contributed by atoms with Crippen molar-refractivity contribution in [1.29, 1.82) is 0 Å². The summed E-state index contributed by atoms with van der Waals surface area (Å²) < 4.78 is 0.959. The first-order valence-corrected chi connectivity index (χ1v) is 6.45. The van der Waals surface area contributed by atoms with Gasteiger partial charge in [0.25, 0.3) is 0 Å². The second-order valence-corrected chi connectivity index (χ2v) is 5.02. The fourth-order valence-electron chi connectivity index (χ4n) is 2.19. The third kappa shape index (κ3) is 2.29. The van der Waals surface area contributed by atoms with Crippen LogP contribution in [0.1, 0.15) is 25.7 Å². The van der Waals surface area contributed by atoms with E-state index in [-0.39, 0.29) is 0 Å². The number of nitrogens with zero attached hydrogens (tertiary/aromatic N) is 3. The number of anilines is 2. The molecule has 4 nitrogen and oxygen atoms in total. The van der Waals surface area contributed by atoms with Crippen LogP contribution in [0, 0.1) is 0 Å². The number of aromatic nitrogens is 2. The van der Waals surface area contributed by atoms with Crippen molar-refractivity contribution in [3.63, 3.8) is 0 Å². The molecule has 1 saturated carbocycles. The molecule has 0 bridgehead atoms. The van der Waals surface area contributed by atoms with E-state index < -0.39 is 0 Å². The summed E-state index contributed by atoms with van der Waals surface area (Å²) in [5, 5.41) is 2.97. The lowest BCUT2D eigenvalue weighted by Gasteiger charge is -2.26. The van der Waals surface area contributed by atoms with E-state index in [9.17, 15) is 0 Å². The quantitative estimate of drug-likeness (QED) is 0.927. The molecule has 0 spiro atoms. The monoisotopic (exact) mass is 284 g/mol. The number of nitrogens with one attached hydrogen (secondary N) is 1. The molecule has 1 fully saturated rings. The van der Waals surface area contributed by atoms with Gasteiger partial charge in [-0.3, -0.25) is 0 Å². The van der Waals surface area contributed by atoms with Crippen LogP contribution in [0.3, 0.4) is 0 Å². The summed E-state index contributed by atoms with van der Waals surface area (Å²) in [6, 6.07) is 0.621. The summed E-state index contributed by atoms with van der Waals surface area (Å²) in [5.41, 5.74) is 0. The SMILES string of the molecule is CNc1ncc(Br)c(N(C)C2CCCC2)n1. The van der Waals surface area contributed by atoms with E-state index in [1.54, 1.807) is 6.20 Å². The summed E-state index contributed by atoms with van der Waals surface area (Å²) in [5.74, 6) is 1.65. The molecule has 1 aromatic rings. The van der Waals surface area contributed by atoms with E-state index in [0.717, 1.165) is 10.3 Å². The van der Waals surface area contributed by atoms with Crippen LogP contribution in [-0.2, 0) is 0 Å². The van der Waals surface area contributed by atoms with Crippen LogP contribution in [0.15, 0.2) is 10.7 Å². The molecule has 1 aliphatic carbocycles. The molecule has 0 saturated heterocycles. The summed E-state index contributed by atoms with van der Waals surface area (Å²) in [6.07, 6.45) is 7.00. The Morgan fingerprint density at radius 2 is 2.12 bits per heavy atom. The topological polar surface area (TPSA) is 41.1 Å². The van der Waals surface area contributed by atoms with Crippen molar-refractivity contribution in [1.82, 2.24) is 9.97 Å². The highest BCUT2D eigenvalue weighted by Gasteiger charge is 2.22. The molecule has 1 N–H and O–H groups in total. The first kappa shape index (κ1) is 11.6. The second-order valence-electron chi connectivity index (χ2n) is 4.16. The van der Waals surface area contributed by atoms with Gasteiger partial charge in [-0.25, -0.2) is 4.98 Å². The lowest BCUT2D eigenvalue weighted by Crippen LogP contribution is -2.30. The molecule has 0 atom stereocenters. The molecule has 1 heterocycles. The van der Waals surface area contributed by atoms with Gasteiger partial charge in [-0.1, -0.05) is 12.8 Å². The molecule has 1 aliphatic rings. The fraction of sp³-hybridized carbons (Fsp3) is 0.636. The Hall–Kier alpha value is -0.840. The van der Waals surface area contributed by atoms with Gasteiger partial charge in [0.2, 0.25) is 5.95 Å². The highest BCUT2D eigenvalue weighted by Crippen LogP contribution is 2.30. The number of hydrogen-bond donors (Lipinski definition) is 1. The normalized spacial score (nSPS) is 16.4. The van der Waals surface area contributed by atoms with Gasteiger partial charge in [0.1, 0.15) is 5.82 Å². The van der Waals surface area contributed by atoms with Crippen LogP contribution in [0.5, 0.6) is 0 Å². The minimum atomic E-state index is 0.621. The summed E-state index contributed by atoms with van der Waals surface area (Å²) in [7, 11) is 3.95. The minimum absolute atomic E-state index is 0.621. The first-order valence-electron chi connectivity index (χ1n) is 5.65. The van der Waals surface area contributed by atoms with Crippen molar-refractivity contribution in [2.24, 2.45) is 0 Å². The molecule has 16 heavy (non-hydrogen) atoms. The van der Waals surface area contributed by atoms with Gasteiger partial charge in [0, 0.05) is 26.3 Å². The van der Waals surface area contributed by atoms with Crippen molar-refractivity contribution in [2.75, 3.05) is 24.3 Å². The standard InChI is InChI=1S/C11H17BrN4/c1-13-11-14-7-9(12)10(15-11)16(2)8-5-3-4-6-8/h7-8H,3-6H2,1-2H3,(H,13,14,15). The van der Waals surface area contributed by atoms with Gasteiger partial charge in [0.15, 0.2) is 0 Å². The molecule has 0 aromatic carbocycles. The zero-order valence-electron chi connectivity index (χ0n) is 9.70. The third-order valence-electron chi connectivity index (χ3n) is 3.16. The van der Waals surface area contributed by atoms with E-state index in [0.29, 0.717) is 12.0 Å². The van der Waals surface area contributed by atoms with Gasteiger partial charge < -0.3 is 10.2 Å². The smallest absolute Gasteiger partial charge is 0.224 e. The molecule has 5 heteroatoms. The Morgan fingerprint density at radius 3 is 2.75 bits per heavy atom. The Balaban J connectivity index is 2.23. The molecule has 0 radical (unpaired) electrons. The zero-order chi connectivity index (χ0) is 11.5. The molecule has 1 aromatic heterocycles. The lowest BCUT2D eigenvalue weighted by atomic mass is 10.2. The molecule has 2 rings (SSSR count). The average molecular weight is 285 g/mol. The van der Waals surface area contributed by atoms with E-state index >= 15 is 0 Å². The van der Waals surface area contributed by atoms with Crippen LogP contribution in [0.2, 0.25) is 0 Å². The summed E-state index contributed by atoms with van der Waals surface area (Å²) in [4.78, 5) is 10.9. The molecule has 0 unspecified atom stereocenters. The largest absolute Gasteiger partial charge is 0.357 e. The van der Waals surface area contributed by atoms with Crippen LogP contribution in [-0.4, -0.2) is 30.1 Å². The van der Waals surface area contributed by atoms with Crippen LogP contribution >= 0.6 is 15.9 Å². The van der Waals surface area contributed by atoms with Crippen molar-refractivity contribution in [3.05, 3.63) is 10.7 Å². The van der Waals surface area contributed by atoms with E-state index in [2.05, 4.69) is 43.2 Å².